The second-order valence-electron chi connectivity index (χ2n) is 6.54. The van der Waals surface area contributed by atoms with Crippen molar-refractivity contribution in [1.82, 2.24) is 10.2 Å². The molecule has 0 heterocycles. The molecule has 1 aliphatic rings. The molecule has 1 aliphatic carbocycles. The Morgan fingerprint density at radius 1 is 1.18 bits per heavy atom. The summed E-state index contributed by atoms with van der Waals surface area (Å²) < 4.78 is 0. The molecule has 2 heteroatoms. The molecule has 0 aromatic carbocycles. The summed E-state index contributed by atoms with van der Waals surface area (Å²) in [4.78, 5) is 2.54. The van der Waals surface area contributed by atoms with E-state index in [2.05, 4.69) is 44.8 Å². The normalized spacial score (nSPS) is 27.9. The minimum absolute atomic E-state index is 0.547. The van der Waals surface area contributed by atoms with Gasteiger partial charge in [-0.25, -0.2) is 0 Å². The summed E-state index contributed by atoms with van der Waals surface area (Å²) in [6.45, 7) is 16.5. The van der Waals surface area contributed by atoms with E-state index >= 15 is 0 Å². The molecule has 0 aliphatic heterocycles. The molecule has 0 bridgehead atoms. The van der Waals surface area contributed by atoms with Crippen LogP contribution in [0.3, 0.4) is 0 Å². The van der Waals surface area contributed by atoms with E-state index < -0.39 is 0 Å². The number of nitrogens with zero attached hydrogens (tertiary/aromatic N) is 1. The molecular formula is C15H32N2. The van der Waals surface area contributed by atoms with Gasteiger partial charge in [0.1, 0.15) is 0 Å². The van der Waals surface area contributed by atoms with Gasteiger partial charge in [0.05, 0.1) is 0 Å². The van der Waals surface area contributed by atoms with Gasteiger partial charge in [0.25, 0.3) is 0 Å². The molecule has 1 fully saturated rings. The number of rotatable bonds is 7. The molecule has 0 spiro atoms. The standard InChI is InChI=1S/C15H32N2/c1-6-9-17(7-2)10-8-16-14-12-15(4,5)11-13(14)3/h13-14,16H,6-12H2,1-5H3. The van der Waals surface area contributed by atoms with Gasteiger partial charge < -0.3 is 10.2 Å². The minimum atomic E-state index is 0.547. The van der Waals surface area contributed by atoms with Crippen LogP contribution in [0.15, 0.2) is 0 Å². The molecule has 0 radical (unpaired) electrons. The Bertz CT molecular complexity index is 213. The summed E-state index contributed by atoms with van der Waals surface area (Å²) in [6.07, 6.45) is 3.98. The first-order valence-corrected chi connectivity index (χ1v) is 7.44. The fourth-order valence-electron chi connectivity index (χ4n) is 3.32. The van der Waals surface area contributed by atoms with Crippen molar-refractivity contribution in [2.75, 3.05) is 26.2 Å². The van der Waals surface area contributed by atoms with E-state index in [0.717, 1.165) is 18.5 Å². The van der Waals surface area contributed by atoms with Gasteiger partial charge >= 0.3 is 0 Å². The lowest BCUT2D eigenvalue weighted by molar-refractivity contribution is 0.276. The predicted molar refractivity (Wildman–Crippen MR) is 76.4 cm³/mol. The molecule has 0 saturated heterocycles. The van der Waals surface area contributed by atoms with Crippen LogP contribution in [-0.4, -0.2) is 37.1 Å². The Balaban J connectivity index is 2.22. The van der Waals surface area contributed by atoms with E-state index in [-0.39, 0.29) is 0 Å². The van der Waals surface area contributed by atoms with Crippen LogP contribution >= 0.6 is 0 Å². The van der Waals surface area contributed by atoms with Crippen molar-refractivity contribution in [3.63, 3.8) is 0 Å². The third kappa shape index (κ3) is 4.97. The quantitative estimate of drug-likeness (QED) is 0.735. The van der Waals surface area contributed by atoms with Crippen LogP contribution in [0.5, 0.6) is 0 Å². The van der Waals surface area contributed by atoms with Crippen molar-refractivity contribution in [1.29, 1.82) is 0 Å². The Hall–Kier alpha value is -0.0800. The summed E-state index contributed by atoms with van der Waals surface area (Å²) >= 11 is 0. The molecule has 0 amide bonds. The van der Waals surface area contributed by atoms with Gasteiger partial charge in [-0.1, -0.05) is 34.6 Å². The van der Waals surface area contributed by atoms with Crippen molar-refractivity contribution >= 4 is 0 Å². The van der Waals surface area contributed by atoms with Gasteiger partial charge in [-0.2, -0.15) is 0 Å². The summed E-state index contributed by atoms with van der Waals surface area (Å²) in [6, 6.07) is 0.741. The van der Waals surface area contributed by atoms with Gasteiger partial charge in [-0.05, 0) is 43.7 Å². The lowest BCUT2D eigenvalue weighted by Gasteiger charge is -2.23. The largest absolute Gasteiger partial charge is 0.312 e. The topological polar surface area (TPSA) is 15.3 Å². The van der Waals surface area contributed by atoms with Crippen molar-refractivity contribution < 1.29 is 0 Å². The maximum Gasteiger partial charge on any atom is 0.0107 e. The van der Waals surface area contributed by atoms with Gasteiger partial charge in [-0.15, -0.1) is 0 Å². The SMILES string of the molecule is CCCN(CC)CCNC1CC(C)(C)CC1C. The van der Waals surface area contributed by atoms with E-state index in [9.17, 15) is 0 Å². The summed E-state index contributed by atoms with van der Waals surface area (Å²) in [7, 11) is 0. The average Bonchev–Trinajstić information content (AvgIpc) is 2.50. The van der Waals surface area contributed by atoms with Crippen LogP contribution < -0.4 is 5.32 Å². The Morgan fingerprint density at radius 2 is 1.88 bits per heavy atom. The van der Waals surface area contributed by atoms with Crippen molar-refractivity contribution in [3.05, 3.63) is 0 Å². The average molecular weight is 240 g/mol. The van der Waals surface area contributed by atoms with Crippen LogP contribution in [0.2, 0.25) is 0 Å². The first-order valence-electron chi connectivity index (χ1n) is 7.44. The van der Waals surface area contributed by atoms with E-state index in [1.54, 1.807) is 0 Å². The highest BCUT2D eigenvalue weighted by Gasteiger charge is 2.36. The van der Waals surface area contributed by atoms with Crippen molar-refractivity contribution in [2.24, 2.45) is 11.3 Å². The molecule has 2 unspecified atom stereocenters. The zero-order chi connectivity index (χ0) is 12.9. The molecule has 17 heavy (non-hydrogen) atoms. The first-order chi connectivity index (χ1) is 7.98. The minimum Gasteiger partial charge on any atom is -0.312 e. The van der Waals surface area contributed by atoms with Gasteiger partial charge in [0.15, 0.2) is 0 Å². The zero-order valence-electron chi connectivity index (χ0n) is 12.6. The van der Waals surface area contributed by atoms with Crippen LogP contribution in [0.1, 0.15) is 53.9 Å². The van der Waals surface area contributed by atoms with Gasteiger partial charge in [-0.3, -0.25) is 0 Å². The summed E-state index contributed by atoms with van der Waals surface area (Å²) in [5, 5.41) is 3.77. The van der Waals surface area contributed by atoms with Crippen LogP contribution in [-0.2, 0) is 0 Å². The summed E-state index contributed by atoms with van der Waals surface area (Å²) in [5.41, 5.74) is 0.547. The maximum absolute atomic E-state index is 3.77. The molecular weight excluding hydrogens is 208 g/mol. The molecule has 1 saturated carbocycles. The fourth-order valence-corrected chi connectivity index (χ4v) is 3.32. The van der Waals surface area contributed by atoms with E-state index in [4.69, 9.17) is 0 Å². The Kier molecular flexibility index (Phi) is 5.94. The molecule has 0 aromatic heterocycles. The van der Waals surface area contributed by atoms with Crippen molar-refractivity contribution in [2.45, 2.75) is 59.9 Å². The molecule has 1 rings (SSSR count). The third-order valence-corrected chi connectivity index (χ3v) is 4.16. The van der Waals surface area contributed by atoms with Gasteiger partial charge in [0.2, 0.25) is 0 Å². The molecule has 0 aromatic rings. The van der Waals surface area contributed by atoms with Crippen LogP contribution in [0.25, 0.3) is 0 Å². The van der Waals surface area contributed by atoms with Gasteiger partial charge in [0, 0.05) is 19.1 Å². The lowest BCUT2D eigenvalue weighted by Crippen LogP contribution is -2.38. The second-order valence-corrected chi connectivity index (χ2v) is 6.54. The van der Waals surface area contributed by atoms with Crippen LogP contribution in [0, 0.1) is 11.3 Å². The molecule has 102 valence electrons. The predicted octanol–water partition coefficient (Wildman–Crippen LogP) is 3.13. The number of hydrogen-bond donors (Lipinski definition) is 1. The third-order valence-electron chi connectivity index (χ3n) is 4.16. The number of likely N-dealkylation sites (N-methyl/N-ethyl adjacent to an activating group) is 1. The highest BCUT2D eigenvalue weighted by Crippen LogP contribution is 2.40. The monoisotopic (exact) mass is 240 g/mol. The number of hydrogen-bond acceptors (Lipinski definition) is 2. The summed E-state index contributed by atoms with van der Waals surface area (Å²) in [5.74, 6) is 0.839. The lowest BCUT2D eigenvalue weighted by atomic mass is 9.91. The van der Waals surface area contributed by atoms with E-state index in [0.29, 0.717) is 5.41 Å². The Labute approximate surface area is 108 Å². The van der Waals surface area contributed by atoms with E-state index in [1.165, 1.54) is 38.9 Å². The first kappa shape index (κ1) is 15.0. The van der Waals surface area contributed by atoms with Crippen LogP contribution in [0.4, 0.5) is 0 Å². The van der Waals surface area contributed by atoms with E-state index in [1.807, 2.05) is 0 Å². The molecule has 2 nitrogen and oxygen atoms in total. The highest BCUT2D eigenvalue weighted by molar-refractivity contribution is 4.91. The number of nitrogens with one attached hydrogen (secondary N) is 1. The fraction of sp³-hybridized carbons (Fsp3) is 1.00. The smallest absolute Gasteiger partial charge is 0.0107 e. The molecule has 1 N–H and O–H groups in total. The molecule has 2 atom stereocenters. The van der Waals surface area contributed by atoms with Crippen molar-refractivity contribution in [3.8, 4) is 0 Å². The Morgan fingerprint density at radius 3 is 2.35 bits per heavy atom. The zero-order valence-corrected chi connectivity index (χ0v) is 12.6. The second kappa shape index (κ2) is 6.75. The highest BCUT2D eigenvalue weighted by atomic mass is 15.1. The maximum atomic E-state index is 3.77.